The molecule has 3 aromatic rings. The van der Waals surface area contributed by atoms with Crippen LogP contribution in [0.3, 0.4) is 0 Å². The van der Waals surface area contributed by atoms with E-state index in [0.717, 1.165) is 22.4 Å². The summed E-state index contributed by atoms with van der Waals surface area (Å²) in [6, 6.07) is 26.8. The van der Waals surface area contributed by atoms with E-state index < -0.39 is 0 Å². The lowest BCUT2D eigenvalue weighted by atomic mass is 9.98. The zero-order valence-corrected chi connectivity index (χ0v) is 12.9. The van der Waals surface area contributed by atoms with E-state index in [9.17, 15) is 0 Å². The van der Waals surface area contributed by atoms with E-state index in [1.807, 2.05) is 36.4 Å². The third kappa shape index (κ3) is 2.64. The molecule has 1 aliphatic heterocycles. The zero-order valence-electron chi connectivity index (χ0n) is 12.9. The fraction of sp³-hybridized carbons (Fsp3) is 0.0952. The van der Waals surface area contributed by atoms with Crippen molar-refractivity contribution in [3.63, 3.8) is 0 Å². The van der Waals surface area contributed by atoms with Gasteiger partial charge < -0.3 is 4.74 Å². The lowest BCUT2D eigenvalue weighted by Crippen LogP contribution is -2.17. The van der Waals surface area contributed by atoms with E-state index in [1.165, 1.54) is 5.56 Å². The molecule has 2 heteroatoms. The summed E-state index contributed by atoms with van der Waals surface area (Å²) >= 11 is 0. The SMILES string of the molecule is Cc1ccc(C2=Nc3ccccc3[C@@H](c3ccccc3)O2)cc1. The molecule has 2 nitrogen and oxygen atoms in total. The minimum atomic E-state index is -0.124. The molecule has 0 unspecified atom stereocenters. The molecule has 0 amide bonds. The number of para-hydroxylation sites is 1. The Morgan fingerprint density at radius 1 is 0.783 bits per heavy atom. The molecule has 0 N–H and O–H groups in total. The molecular weight excluding hydrogens is 282 g/mol. The van der Waals surface area contributed by atoms with E-state index in [0.29, 0.717) is 5.90 Å². The van der Waals surface area contributed by atoms with Crippen LogP contribution in [0.25, 0.3) is 0 Å². The summed E-state index contributed by atoms with van der Waals surface area (Å²) in [5, 5.41) is 0. The van der Waals surface area contributed by atoms with Crippen LogP contribution >= 0.6 is 0 Å². The molecule has 0 aliphatic carbocycles. The monoisotopic (exact) mass is 299 g/mol. The molecule has 3 aromatic carbocycles. The van der Waals surface area contributed by atoms with Gasteiger partial charge in [-0.1, -0.05) is 66.2 Å². The van der Waals surface area contributed by atoms with Gasteiger partial charge in [0.2, 0.25) is 5.90 Å². The second-order valence-electron chi connectivity index (χ2n) is 5.75. The third-order valence-corrected chi connectivity index (χ3v) is 4.07. The van der Waals surface area contributed by atoms with Gasteiger partial charge >= 0.3 is 0 Å². The number of nitrogens with zero attached hydrogens (tertiary/aromatic N) is 1. The third-order valence-electron chi connectivity index (χ3n) is 4.07. The number of hydrogen-bond acceptors (Lipinski definition) is 2. The molecule has 0 radical (unpaired) electrons. The Kier molecular flexibility index (Phi) is 3.43. The van der Waals surface area contributed by atoms with Crippen molar-refractivity contribution in [1.29, 1.82) is 0 Å². The van der Waals surface area contributed by atoms with Gasteiger partial charge in [0.15, 0.2) is 6.10 Å². The number of aryl methyl sites for hydroxylation is 1. The Morgan fingerprint density at radius 2 is 1.48 bits per heavy atom. The summed E-state index contributed by atoms with van der Waals surface area (Å²) in [5.74, 6) is 0.678. The molecule has 1 aliphatic rings. The first kappa shape index (κ1) is 13.8. The quantitative estimate of drug-likeness (QED) is 0.638. The van der Waals surface area contributed by atoms with Crippen LogP contribution in [0, 0.1) is 6.92 Å². The molecule has 1 heterocycles. The molecule has 0 aromatic heterocycles. The first-order valence-corrected chi connectivity index (χ1v) is 7.77. The van der Waals surface area contributed by atoms with Crippen molar-refractivity contribution < 1.29 is 4.74 Å². The highest BCUT2D eigenvalue weighted by molar-refractivity contribution is 5.97. The molecule has 23 heavy (non-hydrogen) atoms. The van der Waals surface area contributed by atoms with Gasteiger partial charge in [-0.3, -0.25) is 0 Å². The lowest BCUT2D eigenvalue weighted by molar-refractivity contribution is 0.229. The number of ether oxygens (including phenoxy) is 1. The smallest absolute Gasteiger partial charge is 0.222 e. The largest absolute Gasteiger partial charge is 0.464 e. The number of aliphatic imine (C=N–C) groups is 1. The summed E-state index contributed by atoms with van der Waals surface area (Å²) in [6.45, 7) is 2.08. The van der Waals surface area contributed by atoms with Crippen LogP contribution in [0.2, 0.25) is 0 Å². The van der Waals surface area contributed by atoms with Crippen LogP contribution in [0.15, 0.2) is 83.9 Å². The second kappa shape index (κ2) is 5.73. The van der Waals surface area contributed by atoms with Crippen LogP contribution in [-0.4, -0.2) is 5.90 Å². The maximum atomic E-state index is 6.27. The summed E-state index contributed by atoms with van der Waals surface area (Å²) in [7, 11) is 0. The van der Waals surface area contributed by atoms with Gasteiger partial charge in [0.25, 0.3) is 0 Å². The molecule has 0 saturated heterocycles. The summed E-state index contributed by atoms with van der Waals surface area (Å²) in [6.07, 6.45) is -0.124. The highest BCUT2D eigenvalue weighted by Crippen LogP contribution is 2.37. The molecule has 1 atom stereocenters. The van der Waals surface area contributed by atoms with Crippen LogP contribution in [0.5, 0.6) is 0 Å². The standard InChI is InChI=1S/C21H17NO/c1-15-11-13-17(14-12-15)21-22-19-10-6-5-9-18(19)20(23-21)16-7-3-2-4-8-16/h2-14,20H,1H3/t20-/m1/s1. The van der Waals surface area contributed by atoms with Crippen molar-refractivity contribution in [3.05, 3.63) is 101 Å². The highest BCUT2D eigenvalue weighted by atomic mass is 16.5. The van der Waals surface area contributed by atoms with Gasteiger partial charge in [-0.2, -0.15) is 0 Å². The van der Waals surface area contributed by atoms with E-state index in [-0.39, 0.29) is 6.10 Å². The molecular formula is C21H17NO. The number of benzene rings is 3. The van der Waals surface area contributed by atoms with Gasteiger partial charge in [-0.15, -0.1) is 0 Å². The summed E-state index contributed by atoms with van der Waals surface area (Å²) in [4.78, 5) is 4.72. The van der Waals surface area contributed by atoms with E-state index in [2.05, 4.69) is 49.4 Å². The molecule has 0 fully saturated rings. The van der Waals surface area contributed by atoms with Gasteiger partial charge in [-0.25, -0.2) is 4.99 Å². The first-order valence-electron chi connectivity index (χ1n) is 7.77. The molecule has 0 saturated carbocycles. The summed E-state index contributed by atoms with van der Waals surface area (Å²) < 4.78 is 6.27. The van der Waals surface area contributed by atoms with E-state index in [1.54, 1.807) is 0 Å². The van der Waals surface area contributed by atoms with E-state index >= 15 is 0 Å². The summed E-state index contributed by atoms with van der Waals surface area (Å²) in [5.41, 5.74) is 5.45. The fourth-order valence-corrected chi connectivity index (χ4v) is 2.83. The second-order valence-corrected chi connectivity index (χ2v) is 5.75. The fourth-order valence-electron chi connectivity index (χ4n) is 2.83. The Balaban J connectivity index is 1.82. The Hall–Kier alpha value is -2.87. The highest BCUT2D eigenvalue weighted by Gasteiger charge is 2.25. The molecule has 112 valence electrons. The molecule has 0 bridgehead atoms. The van der Waals surface area contributed by atoms with Gasteiger partial charge in [0.05, 0.1) is 5.69 Å². The Morgan fingerprint density at radius 3 is 2.26 bits per heavy atom. The maximum absolute atomic E-state index is 6.27. The topological polar surface area (TPSA) is 21.6 Å². The minimum Gasteiger partial charge on any atom is -0.464 e. The minimum absolute atomic E-state index is 0.124. The number of fused-ring (bicyclic) bond motifs is 1. The van der Waals surface area contributed by atoms with Gasteiger partial charge in [0, 0.05) is 11.1 Å². The first-order chi connectivity index (χ1) is 11.3. The van der Waals surface area contributed by atoms with Crippen molar-refractivity contribution in [2.75, 3.05) is 0 Å². The predicted octanol–water partition coefficient (Wildman–Crippen LogP) is 5.19. The predicted molar refractivity (Wildman–Crippen MR) is 93.2 cm³/mol. The van der Waals surface area contributed by atoms with Gasteiger partial charge in [-0.05, 0) is 30.7 Å². The maximum Gasteiger partial charge on any atom is 0.222 e. The Labute approximate surface area is 136 Å². The van der Waals surface area contributed by atoms with Crippen LogP contribution in [0.1, 0.15) is 28.4 Å². The molecule has 0 spiro atoms. The Bertz CT molecular complexity index is 851. The van der Waals surface area contributed by atoms with Crippen molar-refractivity contribution in [3.8, 4) is 0 Å². The number of rotatable bonds is 2. The van der Waals surface area contributed by atoms with Crippen LogP contribution < -0.4 is 0 Å². The van der Waals surface area contributed by atoms with Crippen molar-refractivity contribution in [1.82, 2.24) is 0 Å². The van der Waals surface area contributed by atoms with Gasteiger partial charge in [0.1, 0.15) is 0 Å². The van der Waals surface area contributed by atoms with Crippen molar-refractivity contribution >= 4 is 11.6 Å². The number of hydrogen-bond donors (Lipinski definition) is 0. The van der Waals surface area contributed by atoms with E-state index in [4.69, 9.17) is 9.73 Å². The molecule has 4 rings (SSSR count). The lowest BCUT2D eigenvalue weighted by Gasteiger charge is -2.26. The van der Waals surface area contributed by atoms with Crippen molar-refractivity contribution in [2.24, 2.45) is 4.99 Å². The van der Waals surface area contributed by atoms with Crippen LogP contribution in [-0.2, 0) is 4.74 Å². The average molecular weight is 299 g/mol. The average Bonchev–Trinajstić information content (AvgIpc) is 2.62. The zero-order chi connectivity index (χ0) is 15.6. The van der Waals surface area contributed by atoms with Crippen molar-refractivity contribution in [2.45, 2.75) is 13.0 Å². The normalized spacial score (nSPS) is 16.2. The van der Waals surface area contributed by atoms with Crippen LogP contribution in [0.4, 0.5) is 5.69 Å².